The molecule has 146 valence electrons. The van der Waals surface area contributed by atoms with Gasteiger partial charge in [-0.1, -0.05) is 66.4 Å². The first-order valence-corrected chi connectivity index (χ1v) is 10.3. The van der Waals surface area contributed by atoms with Crippen molar-refractivity contribution in [1.29, 1.82) is 5.26 Å². The van der Waals surface area contributed by atoms with Gasteiger partial charge >= 0.3 is 0 Å². The van der Waals surface area contributed by atoms with Crippen molar-refractivity contribution < 1.29 is 4.79 Å². The van der Waals surface area contributed by atoms with Crippen molar-refractivity contribution in [2.24, 2.45) is 0 Å². The van der Waals surface area contributed by atoms with E-state index in [0.29, 0.717) is 17.7 Å². The van der Waals surface area contributed by atoms with Gasteiger partial charge in [-0.15, -0.1) is 0 Å². The minimum atomic E-state index is -0.101. The lowest BCUT2D eigenvalue weighted by Crippen LogP contribution is -2.33. The van der Waals surface area contributed by atoms with E-state index in [1.165, 1.54) is 17.3 Å². The second-order valence-corrected chi connectivity index (χ2v) is 7.77. The highest BCUT2D eigenvalue weighted by molar-refractivity contribution is 7.99. The van der Waals surface area contributed by atoms with E-state index in [4.69, 9.17) is 0 Å². The van der Waals surface area contributed by atoms with Crippen molar-refractivity contribution in [3.8, 4) is 6.07 Å². The van der Waals surface area contributed by atoms with Crippen molar-refractivity contribution in [1.82, 2.24) is 10.2 Å². The van der Waals surface area contributed by atoms with Crippen molar-refractivity contribution in [2.45, 2.75) is 16.3 Å². The molecule has 1 N–H and O–H groups in total. The zero-order chi connectivity index (χ0) is 20.5. The topological polar surface area (TPSA) is 56.1 Å². The van der Waals surface area contributed by atoms with Gasteiger partial charge in [-0.05, 0) is 36.9 Å². The molecule has 3 aromatic carbocycles. The predicted octanol–water partition coefficient (Wildman–Crippen LogP) is 4.57. The number of nitrogens with zero attached hydrogens (tertiary/aromatic N) is 2. The number of rotatable bonds is 8. The molecule has 0 fully saturated rings. The molecule has 0 aromatic heterocycles. The molecule has 3 rings (SSSR count). The molecule has 0 aliphatic heterocycles. The van der Waals surface area contributed by atoms with Crippen LogP contribution < -0.4 is 5.32 Å². The fraction of sp³-hybridized carbons (Fsp3) is 0.167. The molecule has 29 heavy (non-hydrogen) atoms. The first-order valence-electron chi connectivity index (χ1n) is 9.44. The molecule has 0 radical (unpaired) electrons. The number of benzene rings is 3. The Hall–Kier alpha value is -3.07. The average molecular weight is 402 g/mol. The van der Waals surface area contributed by atoms with E-state index in [0.717, 1.165) is 22.9 Å². The molecule has 1 amide bonds. The molecule has 0 saturated heterocycles. The van der Waals surface area contributed by atoms with Crippen molar-refractivity contribution in [3.05, 3.63) is 95.6 Å². The number of amides is 1. The first kappa shape index (κ1) is 20.7. The minimum absolute atomic E-state index is 0.101. The molecule has 0 unspecified atom stereocenters. The minimum Gasteiger partial charge on any atom is -0.351 e. The van der Waals surface area contributed by atoms with Crippen LogP contribution in [0.5, 0.6) is 0 Å². The third-order valence-corrected chi connectivity index (χ3v) is 5.59. The Kier molecular flexibility index (Phi) is 7.46. The number of hydrogen-bond acceptors (Lipinski definition) is 4. The molecule has 5 heteroatoms. The Balaban J connectivity index is 1.59. The largest absolute Gasteiger partial charge is 0.351 e. The Morgan fingerprint density at radius 3 is 2.38 bits per heavy atom. The van der Waals surface area contributed by atoms with Crippen molar-refractivity contribution in [2.75, 3.05) is 20.1 Å². The molecule has 0 atom stereocenters. The molecular formula is C24H23N3OS. The number of nitrogens with one attached hydrogen (secondary N) is 1. The van der Waals surface area contributed by atoms with E-state index in [1.807, 2.05) is 67.7 Å². The summed E-state index contributed by atoms with van der Waals surface area (Å²) in [6.45, 7) is 2.16. The van der Waals surface area contributed by atoms with Gasteiger partial charge in [0.05, 0.1) is 11.1 Å². The second kappa shape index (κ2) is 10.5. The summed E-state index contributed by atoms with van der Waals surface area (Å²) in [6, 6.07) is 27.4. The van der Waals surface area contributed by atoms with E-state index in [1.54, 1.807) is 6.07 Å². The monoisotopic (exact) mass is 401 g/mol. The van der Waals surface area contributed by atoms with Crippen LogP contribution >= 0.6 is 11.8 Å². The number of carbonyl (C=O) groups excluding carboxylic acids is 1. The first-order chi connectivity index (χ1) is 14.2. The lowest BCUT2D eigenvalue weighted by Gasteiger charge is -2.17. The highest BCUT2D eigenvalue weighted by atomic mass is 32.2. The number of likely N-dealkylation sites (N-methyl/N-ethyl adjacent to an activating group) is 1. The number of nitriles is 1. The van der Waals surface area contributed by atoms with Crippen LogP contribution in [0.1, 0.15) is 21.5 Å². The third-order valence-electron chi connectivity index (χ3n) is 4.43. The standard InChI is InChI=1S/C24H23N3OS/c1-27(18-19-9-3-2-4-10-19)16-15-26-24(28)21-12-6-8-14-23(21)29-22-13-7-5-11-20(22)17-25/h2-14H,15-16,18H2,1H3,(H,26,28). The van der Waals surface area contributed by atoms with Crippen molar-refractivity contribution >= 4 is 17.7 Å². The predicted molar refractivity (Wildman–Crippen MR) is 117 cm³/mol. The van der Waals surface area contributed by atoms with E-state index >= 15 is 0 Å². The fourth-order valence-corrected chi connectivity index (χ4v) is 3.96. The van der Waals surface area contributed by atoms with Gasteiger partial charge < -0.3 is 10.2 Å². The van der Waals surface area contributed by atoms with Gasteiger partial charge in [0, 0.05) is 29.4 Å². The fourth-order valence-electron chi connectivity index (χ4n) is 2.94. The molecule has 0 spiro atoms. The van der Waals surface area contributed by atoms with Crippen LogP contribution in [0.15, 0.2) is 88.7 Å². The highest BCUT2D eigenvalue weighted by Gasteiger charge is 2.13. The Bertz CT molecular complexity index is 998. The Morgan fingerprint density at radius 1 is 0.966 bits per heavy atom. The average Bonchev–Trinajstić information content (AvgIpc) is 2.75. The smallest absolute Gasteiger partial charge is 0.252 e. The van der Waals surface area contributed by atoms with Crippen LogP contribution in [-0.2, 0) is 6.54 Å². The van der Waals surface area contributed by atoms with Crippen LogP contribution in [0.3, 0.4) is 0 Å². The number of carbonyl (C=O) groups is 1. The summed E-state index contributed by atoms with van der Waals surface area (Å²) in [5.74, 6) is -0.101. The molecule has 0 aliphatic rings. The second-order valence-electron chi connectivity index (χ2n) is 6.69. The van der Waals surface area contributed by atoms with Crippen LogP contribution in [0.4, 0.5) is 0 Å². The lowest BCUT2D eigenvalue weighted by atomic mass is 10.2. The summed E-state index contributed by atoms with van der Waals surface area (Å²) >= 11 is 1.44. The molecule has 0 aliphatic carbocycles. The van der Waals surface area contributed by atoms with Crippen LogP contribution in [-0.4, -0.2) is 30.9 Å². The molecule has 4 nitrogen and oxygen atoms in total. The summed E-state index contributed by atoms with van der Waals surface area (Å²) in [5.41, 5.74) is 2.48. The molecule has 0 bridgehead atoms. The summed E-state index contributed by atoms with van der Waals surface area (Å²) in [6.07, 6.45) is 0. The normalized spacial score (nSPS) is 10.5. The molecular weight excluding hydrogens is 378 g/mol. The summed E-state index contributed by atoms with van der Waals surface area (Å²) in [7, 11) is 2.04. The van der Waals surface area contributed by atoms with Gasteiger partial charge in [0.2, 0.25) is 0 Å². The van der Waals surface area contributed by atoms with Crippen LogP contribution in [0, 0.1) is 11.3 Å². The van der Waals surface area contributed by atoms with Gasteiger partial charge in [0.25, 0.3) is 5.91 Å². The zero-order valence-corrected chi connectivity index (χ0v) is 17.2. The maximum absolute atomic E-state index is 12.7. The molecule has 0 heterocycles. The van der Waals surface area contributed by atoms with Gasteiger partial charge in [0.15, 0.2) is 0 Å². The van der Waals surface area contributed by atoms with E-state index < -0.39 is 0 Å². The van der Waals surface area contributed by atoms with Gasteiger partial charge in [0.1, 0.15) is 6.07 Å². The SMILES string of the molecule is CN(CCNC(=O)c1ccccc1Sc1ccccc1C#N)Cc1ccccc1. The van der Waals surface area contributed by atoms with Crippen molar-refractivity contribution in [3.63, 3.8) is 0 Å². The maximum Gasteiger partial charge on any atom is 0.252 e. The zero-order valence-electron chi connectivity index (χ0n) is 16.3. The van der Waals surface area contributed by atoms with Gasteiger partial charge in [-0.3, -0.25) is 4.79 Å². The van der Waals surface area contributed by atoms with E-state index in [9.17, 15) is 10.1 Å². The van der Waals surface area contributed by atoms with Crippen LogP contribution in [0.2, 0.25) is 0 Å². The Labute approximate surface area is 176 Å². The van der Waals surface area contributed by atoms with Crippen LogP contribution in [0.25, 0.3) is 0 Å². The third kappa shape index (κ3) is 5.95. The Morgan fingerprint density at radius 2 is 1.62 bits per heavy atom. The summed E-state index contributed by atoms with van der Waals surface area (Å²) in [5, 5.41) is 12.3. The van der Waals surface area contributed by atoms with Gasteiger partial charge in [-0.2, -0.15) is 5.26 Å². The number of hydrogen-bond donors (Lipinski definition) is 1. The van der Waals surface area contributed by atoms with E-state index in [2.05, 4.69) is 28.4 Å². The summed E-state index contributed by atoms with van der Waals surface area (Å²) in [4.78, 5) is 16.6. The lowest BCUT2D eigenvalue weighted by molar-refractivity contribution is 0.0946. The van der Waals surface area contributed by atoms with E-state index in [-0.39, 0.29) is 5.91 Å². The van der Waals surface area contributed by atoms with Gasteiger partial charge in [-0.25, -0.2) is 0 Å². The summed E-state index contributed by atoms with van der Waals surface area (Å²) < 4.78 is 0. The molecule has 3 aromatic rings. The molecule has 0 saturated carbocycles. The quantitative estimate of drug-likeness (QED) is 0.601. The highest BCUT2D eigenvalue weighted by Crippen LogP contribution is 2.32. The maximum atomic E-state index is 12.7.